The summed E-state index contributed by atoms with van der Waals surface area (Å²) in [6.45, 7) is 0.774. The summed E-state index contributed by atoms with van der Waals surface area (Å²) in [5, 5.41) is 3.52. The first-order chi connectivity index (χ1) is 10.7. The fourth-order valence-corrected chi connectivity index (χ4v) is 3.04. The molecule has 0 spiro atoms. The van der Waals surface area contributed by atoms with E-state index in [0.717, 1.165) is 37.1 Å². The Morgan fingerprint density at radius 2 is 2.09 bits per heavy atom. The fourth-order valence-electron chi connectivity index (χ4n) is 2.74. The normalized spacial score (nSPS) is 18.5. The average Bonchev–Trinajstić information content (AvgIpc) is 2.53. The van der Waals surface area contributed by atoms with Crippen LogP contribution >= 0.6 is 8.25 Å². The van der Waals surface area contributed by atoms with Crippen LogP contribution in [0.25, 0.3) is 0 Å². The molecule has 0 radical (unpaired) electrons. The van der Waals surface area contributed by atoms with Gasteiger partial charge in [-0.3, -0.25) is 0 Å². The van der Waals surface area contributed by atoms with Crippen LogP contribution < -0.4 is 9.84 Å². The third-order valence-corrected chi connectivity index (χ3v) is 4.26. The van der Waals surface area contributed by atoms with Crippen molar-refractivity contribution in [1.29, 1.82) is 0 Å². The summed E-state index contributed by atoms with van der Waals surface area (Å²) >= 11 is 0. The van der Waals surface area contributed by atoms with Crippen LogP contribution in [0.4, 0.5) is 0 Å². The van der Waals surface area contributed by atoms with Gasteiger partial charge in [-0.1, -0.05) is 36.4 Å². The van der Waals surface area contributed by atoms with Gasteiger partial charge in [0.25, 0.3) is 0 Å². The topological polar surface area (TPSA) is 71.5 Å². The van der Waals surface area contributed by atoms with Gasteiger partial charge in [0.05, 0.1) is 5.69 Å². The van der Waals surface area contributed by atoms with Crippen LogP contribution in [0.3, 0.4) is 0 Å². The van der Waals surface area contributed by atoms with E-state index >= 15 is 0 Å². The molecule has 1 aromatic heterocycles. The van der Waals surface area contributed by atoms with Crippen LogP contribution in [0.1, 0.15) is 23.2 Å². The number of nitrogens with one attached hydrogen (secondary N) is 1. The Morgan fingerprint density at radius 1 is 1.27 bits per heavy atom. The predicted octanol–water partition coefficient (Wildman–Crippen LogP) is 2.49. The summed E-state index contributed by atoms with van der Waals surface area (Å²) in [5.74, 6) is 0.230. The Kier molecular flexibility index (Phi) is 4.88. The first-order valence-electron chi connectivity index (χ1n) is 7.37. The first-order valence-corrected chi connectivity index (χ1v) is 8.64. The van der Waals surface area contributed by atoms with E-state index in [1.165, 1.54) is 5.56 Å². The first kappa shape index (κ1) is 15.2. The monoisotopic (exact) mass is 318 g/mol. The number of hydrogen-bond donors (Lipinski definition) is 2. The summed E-state index contributed by atoms with van der Waals surface area (Å²) in [4.78, 5) is 13.2. The third-order valence-electron chi connectivity index (χ3n) is 3.88. The number of aromatic nitrogens is 1. The molecule has 0 amide bonds. The molecule has 2 atom stereocenters. The van der Waals surface area contributed by atoms with Crippen molar-refractivity contribution in [2.45, 2.75) is 31.8 Å². The fraction of sp³-hybridized carbons (Fsp3) is 0.312. The summed E-state index contributed by atoms with van der Waals surface area (Å²) in [6, 6.07) is 14.3. The summed E-state index contributed by atoms with van der Waals surface area (Å²) < 4.78 is 15.6. The van der Waals surface area contributed by atoms with Gasteiger partial charge in [0.15, 0.2) is 0 Å². The SMILES string of the molecule is O=[PH](O)Oc1ccc2c(n1)CC(CCc1ccccc1)NC2. The van der Waals surface area contributed by atoms with Crippen LogP contribution in [0.2, 0.25) is 0 Å². The lowest BCUT2D eigenvalue weighted by molar-refractivity contribution is 0.399. The van der Waals surface area contributed by atoms with Crippen molar-refractivity contribution in [2.75, 3.05) is 0 Å². The minimum atomic E-state index is -3.00. The van der Waals surface area contributed by atoms with Gasteiger partial charge in [0.1, 0.15) is 0 Å². The largest absolute Gasteiger partial charge is 0.408 e. The van der Waals surface area contributed by atoms with E-state index in [4.69, 9.17) is 9.42 Å². The van der Waals surface area contributed by atoms with Gasteiger partial charge in [0, 0.05) is 25.1 Å². The van der Waals surface area contributed by atoms with Gasteiger partial charge < -0.3 is 14.7 Å². The molecule has 2 aromatic rings. The maximum absolute atomic E-state index is 10.8. The number of rotatable bonds is 5. The number of pyridine rings is 1. The molecule has 2 heterocycles. The summed E-state index contributed by atoms with van der Waals surface area (Å²) in [5.41, 5.74) is 3.41. The Hall–Kier alpha value is -1.68. The van der Waals surface area contributed by atoms with Crippen molar-refractivity contribution in [3.63, 3.8) is 0 Å². The molecule has 6 heteroatoms. The molecule has 5 nitrogen and oxygen atoms in total. The molecule has 2 N–H and O–H groups in total. The van der Waals surface area contributed by atoms with Gasteiger partial charge >= 0.3 is 8.25 Å². The third kappa shape index (κ3) is 3.95. The Morgan fingerprint density at radius 3 is 2.86 bits per heavy atom. The molecule has 1 aliphatic heterocycles. The molecule has 1 aromatic carbocycles. The van der Waals surface area contributed by atoms with Crippen molar-refractivity contribution in [2.24, 2.45) is 0 Å². The van der Waals surface area contributed by atoms with Crippen LogP contribution in [0.5, 0.6) is 5.88 Å². The number of aryl methyl sites for hydroxylation is 1. The van der Waals surface area contributed by atoms with Crippen LogP contribution in [0, 0.1) is 0 Å². The van der Waals surface area contributed by atoms with Crippen molar-refractivity contribution in [1.82, 2.24) is 10.3 Å². The van der Waals surface area contributed by atoms with Crippen LogP contribution in [-0.2, 0) is 24.0 Å². The molecule has 0 aliphatic carbocycles. The van der Waals surface area contributed by atoms with E-state index in [1.807, 2.05) is 12.1 Å². The zero-order valence-corrected chi connectivity index (χ0v) is 13.2. The zero-order chi connectivity index (χ0) is 15.4. The minimum Gasteiger partial charge on any atom is -0.408 e. The minimum absolute atomic E-state index is 0.230. The quantitative estimate of drug-likeness (QED) is 0.829. The molecule has 0 fully saturated rings. The van der Waals surface area contributed by atoms with Gasteiger partial charge in [0.2, 0.25) is 5.88 Å². The number of hydrogen-bond acceptors (Lipinski definition) is 4. The molecule has 22 heavy (non-hydrogen) atoms. The lowest BCUT2D eigenvalue weighted by Gasteiger charge is -2.25. The maximum Gasteiger partial charge on any atom is 0.366 e. The van der Waals surface area contributed by atoms with Crippen molar-refractivity contribution >= 4 is 8.25 Å². The molecule has 0 saturated heterocycles. The Balaban J connectivity index is 1.63. The van der Waals surface area contributed by atoms with Crippen molar-refractivity contribution in [3.8, 4) is 5.88 Å². The van der Waals surface area contributed by atoms with Gasteiger partial charge in [-0.2, -0.15) is 0 Å². The smallest absolute Gasteiger partial charge is 0.366 e. The summed E-state index contributed by atoms with van der Waals surface area (Å²) in [6.07, 6.45) is 2.87. The second-order valence-corrected chi connectivity index (χ2v) is 6.17. The highest BCUT2D eigenvalue weighted by molar-refractivity contribution is 7.32. The van der Waals surface area contributed by atoms with Crippen LogP contribution in [0.15, 0.2) is 42.5 Å². The van der Waals surface area contributed by atoms with Gasteiger partial charge in [-0.25, -0.2) is 9.55 Å². The van der Waals surface area contributed by atoms with E-state index in [9.17, 15) is 4.57 Å². The summed E-state index contributed by atoms with van der Waals surface area (Å²) in [7, 11) is -3.00. The highest BCUT2D eigenvalue weighted by atomic mass is 31.1. The highest BCUT2D eigenvalue weighted by Crippen LogP contribution is 2.25. The predicted molar refractivity (Wildman–Crippen MR) is 85.2 cm³/mol. The van der Waals surface area contributed by atoms with Gasteiger partial charge in [-0.15, -0.1) is 0 Å². The molecular weight excluding hydrogens is 299 g/mol. The maximum atomic E-state index is 10.8. The molecule has 1 aliphatic rings. The highest BCUT2D eigenvalue weighted by Gasteiger charge is 2.19. The molecule has 0 bridgehead atoms. The van der Waals surface area contributed by atoms with Crippen LogP contribution in [-0.4, -0.2) is 15.9 Å². The zero-order valence-electron chi connectivity index (χ0n) is 12.2. The van der Waals surface area contributed by atoms with E-state index in [0.29, 0.717) is 6.04 Å². The Bertz CT molecular complexity index is 664. The van der Waals surface area contributed by atoms with Crippen molar-refractivity contribution < 1.29 is 14.0 Å². The van der Waals surface area contributed by atoms with E-state index in [2.05, 4.69) is 34.6 Å². The molecule has 2 unspecified atom stereocenters. The second-order valence-electron chi connectivity index (χ2n) is 5.43. The molecular formula is C16H19N2O3P. The number of nitrogens with zero attached hydrogens (tertiary/aromatic N) is 1. The lowest BCUT2D eigenvalue weighted by Crippen LogP contribution is -2.36. The van der Waals surface area contributed by atoms with Crippen molar-refractivity contribution in [3.05, 3.63) is 59.3 Å². The molecule has 0 saturated carbocycles. The lowest BCUT2D eigenvalue weighted by atomic mass is 9.96. The second kappa shape index (κ2) is 7.05. The molecule has 3 rings (SSSR count). The standard InChI is InChI=1S/C16H19N2O3P/c19-22(20)21-16-9-7-13-11-17-14(10-15(13)18-16)8-6-12-4-2-1-3-5-12/h1-5,7,9,14,17,22H,6,8,10-11H2,(H,19,20). The van der Waals surface area contributed by atoms with E-state index in [-0.39, 0.29) is 5.88 Å². The Labute approximate surface area is 130 Å². The van der Waals surface area contributed by atoms with Gasteiger partial charge in [-0.05, 0) is 24.0 Å². The number of fused-ring (bicyclic) bond motifs is 1. The van der Waals surface area contributed by atoms with E-state index < -0.39 is 8.25 Å². The number of benzene rings is 1. The average molecular weight is 318 g/mol. The van der Waals surface area contributed by atoms with E-state index in [1.54, 1.807) is 6.07 Å². The molecule has 116 valence electrons.